The Kier molecular flexibility index (Phi) is 6.04. The topological polar surface area (TPSA) is 0 Å². The van der Waals surface area contributed by atoms with Gasteiger partial charge in [0.25, 0.3) is 0 Å². The van der Waals surface area contributed by atoms with Crippen molar-refractivity contribution in [2.75, 3.05) is 0 Å². The van der Waals surface area contributed by atoms with Gasteiger partial charge in [0.1, 0.15) is 0 Å². The van der Waals surface area contributed by atoms with Crippen molar-refractivity contribution in [2.24, 2.45) is 0 Å². The SMILES string of the molecule is C[Si](C)(C)c1cc2ccccc2[cH-]1.[Cl][V]([Cl])[Cl]. The van der Waals surface area contributed by atoms with Gasteiger partial charge in [0, 0.05) is 0 Å². The zero-order valence-corrected chi connectivity index (χ0v) is 14.7. The number of benzene rings is 1. The second-order valence-corrected chi connectivity index (χ2v) is 16.8. The molecule has 0 spiro atoms. The van der Waals surface area contributed by atoms with Crippen LogP contribution in [0.2, 0.25) is 19.6 Å². The van der Waals surface area contributed by atoms with Crippen molar-refractivity contribution < 1.29 is 12.3 Å². The molecule has 0 aromatic heterocycles. The van der Waals surface area contributed by atoms with Crippen LogP contribution in [-0.4, -0.2) is 8.07 Å². The Balaban J connectivity index is 0.000000317. The molecule has 0 radical (unpaired) electrons. The summed E-state index contributed by atoms with van der Waals surface area (Å²) in [4.78, 5) is 0. The molecule has 2 aromatic carbocycles. The van der Waals surface area contributed by atoms with Gasteiger partial charge >= 0.3 is 41.8 Å². The fourth-order valence-corrected chi connectivity index (χ4v) is 2.76. The molecule has 2 rings (SSSR count). The molecule has 5 heteroatoms. The Hall–Kier alpha value is 0.501. The molecule has 94 valence electrons. The Morgan fingerprint density at radius 2 is 1.59 bits per heavy atom. The van der Waals surface area contributed by atoms with E-state index in [9.17, 15) is 0 Å². The molecule has 17 heavy (non-hydrogen) atoms. The van der Waals surface area contributed by atoms with Crippen LogP contribution < -0.4 is 5.19 Å². The van der Waals surface area contributed by atoms with Gasteiger partial charge in [0.2, 0.25) is 0 Å². The third kappa shape index (κ3) is 5.34. The summed E-state index contributed by atoms with van der Waals surface area (Å²) in [5.41, 5.74) is 0. The van der Waals surface area contributed by atoms with E-state index in [2.05, 4.69) is 56.0 Å². The third-order valence-corrected chi connectivity index (χ3v) is 4.50. The van der Waals surface area contributed by atoms with E-state index in [1.807, 2.05) is 0 Å². The standard InChI is InChI=1S/C12H15Si.3ClH.V/c1-13(2,3)12-8-10-6-4-5-7-11(10)9-12;;;;/h4-9H,1-3H3;3*1H;/q-1;;;;+3/p-3. The van der Waals surface area contributed by atoms with E-state index in [1.165, 1.54) is 10.8 Å². The summed E-state index contributed by atoms with van der Waals surface area (Å²) in [6.07, 6.45) is 0. The number of fused-ring (bicyclic) bond motifs is 1. The van der Waals surface area contributed by atoms with Crippen LogP contribution in [0.4, 0.5) is 0 Å². The third-order valence-electron chi connectivity index (χ3n) is 2.48. The Morgan fingerprint density at radius 3 is 2.06 bits per heavy atom. The van der Waals surface area contributed by atoms with E-state index >= 15 is 0 Å². The summed E-state index contributed by atoms with van der Waals surface area (Å²) in [7, 11) is 13.7. The predicted octanol–water partition coefficient (Wildman–Crippen LogP) is 5.17. The van der Waals surface area contributed by atoms with Gasteiger partial charge < -0.3 is 0 Å². The van der Waals surface area contributed by atoms with E-state index in [4.69, 9.17) is 29.5 Å². The van der Waals surface area contributed by atoms with Crippen molar-refractivity contribution in [1.82, 2.24) is 0 Å². The molecular formula is C12H15Cl3SiV-. The predicted molar refractivity (Wildman–Crippen MR) is 80.1 cm³/mol. The van der Waals surface area contributed by atoms with Gasteiger partial charge in [-0.25, -0.2) is 0 Å². The zero-order valence-electron chi connectivity index (χ0n) is 10.0. The molecule has 0 saturated heterocycles. The number of halogens is 3. The second-order valence-electron chi connectivity index (χ2n) is 4.81. The zero-order chi connectivity index (χ0) is 13.1. The van der Waals surface area contributed by atoms with E-state index < -0.39 is 20.4 Å². The fraction of sp³-hybridized carbons (Fsp3) is 0.250. The maximum absolute atomic E-state index is 4.95. The molecule has 0 heterocycles. The molecule has 0 aliphatic heterocycles. The number of hydrogen-bond donors (Lipinski definition) is 0. The summed E-state index contributed by atoms with van der Waals surface area (Å²) < 4.78 is 0. The fourth-order valence-electron chi connectivity index (χ4n) is 1.58. The van der Waals surface area contributed by atoms with Crippen molar-refractivity contribution in [3.8, 4) is 0 Å². The molecule has 0 atom stereocenters. The van der Waals surface area contributed by atoms with Crippen LogP contribution in [0.3, 0.4) is 0 Å². The molecule has 0 fully saturated rings. The summed E-state index contributed by atoms with van der Waals surface area (Å²) in [5.74, 6) is 0. The molecule has 0 unspecified atom stereocenters. The van der Waals surface area contributed by atoms with Crippen molar-refractivity contribution in [1.29, 1.82) is 0 Å². The summed E-state index contributed by atoms with van der Waals surface area (Å²) >= 11 is -1.77. The van der Waals surface area contributed by atoms with Crippen LogP contribution in [0.25, 0.3) is 10.8 Å². The van der Waals surface area contributed by atoms with Crippen molar-refractivity contribution >= 4 is 53.6 Å². The second kappa shape index (κ2) is 6.61. The molecule has 0 saturated carbocycles. The van der Waals surface area contributed by atoms with Crippen LogP contribution in [0.1, 0.15) is 0 Å². The van der Waals surface area contributed by atoms with Gasteiger partial charge in [-0.05, 0) is 0 Å². The first-order valence-corrected chi connectivity index (χ1v) is 14.5. The van der Waals surface area contributed by atoms with Gasteiger partial charge in [-0.2, -0.15) is 11.5 Å². The minimum atomic E-state index is -1.77. The normalized spacial score (nSPS) is 11.5. The van der Waals surface area contributed by atoms with Crippen LogP contribution in [0, 0.1) is 0 Å². The van der Waals surface area contributed by atoms with E-state index in [0.717, 1.165) is 0 Å². The van der Waals surface area contributed by atoms with Crippen molar-refractivity contribution in [3.05, 3.63) is 36.4 Å². The average Bonchev–Trinajstić information content (AvgIpc) is 2.59. The van der Waals surface area contributed by atoms with Crippen LogP contribution in [-0.2, 0) is 12.3 Å². The van der Waals surface area contributed by atoms with Crippen LogP contribution in [0.5, 0.6) is 0 Å². The molecule has 0 aliphatic carbocycles. The molecule has 0 nitrogen and oxygen atoms in total. The first-order chi connectivity index (χ1) is 7.80. The number of hydrogen-bond acceptors (Lipinski definition) is 0. The van der Waals surface area contributed by atoms with E-state index in [0.29, 0.717) is 0 Å². The summed E-state index contributed by atoms with van der Waals surface area (Å²) in [6, 6.07) is 13.3. The first-order valence-electron chi connectivity index (χ1n) is 5.24. The monoisotopic (exact) mass is 343 g/mol. The van der Waals surface area contributed by atoms with Gasteiger partial charge in [0.15, 0.2) is 0 Å². The molecule has 0 amide bonds. The van der Waals surface area contributed by atoms with Gasteiger partial charge in [0.05, 0.1) is 8.07 Å². The summed E-state index contributed by atoms with van der Waals surface area (Å²) in [6.45, 7) is 7.17. The molecule has 2 aromatic rings. The summed E-state index contributed by atoms with van der Waals surface area (Å²) in [5, 5.41) is 4.34. The van der Waals surface area contributed by atoms with Gasteiger partial charge in [-0.1, -0.05) is 25.7 Å². The quantitative estimate of drug-likeness (QED) is 0.494. The molecular weight excluding hydrogens is 330 g/mol. The van der Waals surface area contributed by atoms with Crippen LogP contribution in [0.15, 0.2) is 36.4 Å². The minimum absolute atomic E-state index is 1.12. The molecule has 0 aliphatic rings. The van der Waals surface area contributed by atoms with E-state index in [1.54, 1.807) is 5.19 Å². The van der Waals surface area contributed by atoms with Gasteiger partial charge in [-0.15, -0.1) is 34.8 Å². The van der Waals surface area contributed by atoms with Gasteiger partial charge in [-0.3, -0.25) is 0 Å². The van der Waals surface area contributed by atoms with Crippen molar-refractivity contribution in [3.63, 3.8) is 0 Å². The van der Waals surface area contributed by atoms with Crippen molar-refractivity contribution in [2.45, 2.75) is 19.6 Å². The van der Waals surface area contributed by atoms with Crippen LogP contribution >= 0.6 is 29.5 Å². The Bertz CT molecular complexity index is 438. The maximum atomic E-state index is 4.95. The van der Waals surface area contributed by atoms with E-state index in [-0.39, 0.29) is 0 Å². The number of rotatable bonds is 1. The Labute approximate surface area is 121 Å². The Morgan fingerprint density at radius 1 is 1.06 bits per heavy atom. The average molecular weight is 345 g/mol. The first kappa shape index (κ1) is 15.6. The molecule has 0 N–H and O–H groups in total. The molecule has 0 bridgehead atoms.